The van der Waals surface area contributed by atoms with Crippen LogP contribution in [0.15, 0.2) is 54.6 Å². The third-order valence-electron chi connectivity index (χ3n) is 4.09. The number of para-hydroxylation sites is 1. The van der Waals surface area contributed by atoms with E-state index in [-0.39, 0.29) is 30.7 Å². The minimum absolute atomic E-state index is 0.0379. The predicted molar refractivity (Wildman–Crippen MR) is 117 cm³/mol. The first-order chi connectivity index (χ1) is 14.2. The second kappa shape index (κ2) is 11.0. The third-order valence-corrected chi connectivity index (χ3v) is 4.09. The van der Waals surface area contributed by atoms with E-state index in [4.69, 9.17) is 4.74 Å². The lowest BCUT2D eigenvalue weighted by Gasteiger charge is -2.17. The van der Waals surface area contributed by atoms with Crippen LogP contribution in [0.25, 0.3) is 0 Å². The van der Waals surface area contributed by atoms with Crippen molar-refractivity contribution in [3.63, 3.8) is 0 Å². The predicted octanol–water partition coefficient (Wildman–Crippen LogP) is 3.59. The zero-order valence-corrected chi connectivity index (χ0v) is 17.7. The minimum atomic E-state index is -0.444. The van der Waals surface area contributed by atoms with Crippen LogP contribution in [-0.2, 0) is 14.4 Å². The van der Waals surface area contributed by atoms with E-state index in [2.05, 4.69) is 16.0 Å². The molecule has 0 spiro atoms. The fourth-order valence-corrected chi connectivity index (χ4v) is 2.47. The molecule has 3 amide bonds. The number of hydrogen-bond acceptors (Lipinski definition) is 4. The summed E-state index contributed by atoms with van der Waals surface area (Å²) in [6.45, 7) is 5.84. The largest absolute Gasteiger partial charge is 0.484 e. The average Bonchev–Trinajstić information content (AvgIpc) is 2.70. The van der Waals surface area contributed by atoms with Crippen LogP contribution in [0.3, 0.4) is 0 Å². The number of amides is 3. The Labute approximate surface area is 177 Å². The molecule has 0 radical (unpaired) electrons. The molecule has 0 heterocycles. The fraction of sp³-hybridized carbons (Fsp3) is 0.348. The summed E-state index contributed by atoms with van der Waals surface area (Å²) in [5.41, 5.74) is 0.839. The van der Waals surface area contributed by atoms with Gasteiger partial charge in [0.15, 0.2) is 6.61 Å². The molecular formula is C23H29N3O4. The topological polar surface area (TPSA) is 96.5 Å². The van der Waals surface area contributed by atoms with Crippen LogP contribution in [0.4, 0.5) is 11.4 Å². The van der Waals surface area contributed by atoms with Crippen molar-refractivity contribution in [2.45, 2.75) is 33.6 Å². The molecular weight excluding hydrogens is 382 g/mol. The second-order valence-corrected chi connectivity index (χ2v) is 7.89. The van der Waals surface area contributed by atoms with E-state index in [0.29, 0.717) is 30.1 Å². The van der Waals surface area contributed by atoms with Crippen LogP contribution >= 0.6 is 0 Å². The van der Waals surface area contributed by atoms with E-state index in [1.807, 2.05) is 39.0 Å². The van der Waals surface area contributed by atoms with E-state index in [0.717, 1.165) is 0 Å². The quantitative estimate of drug-likeness (QED) is 0.550. The summed E-state index contributed by atoms with van der Waals surface area (Å²) in [6, 6.07) is 16.0. The van der Waals surface area contributed by atoms with E-state index >= 15 is 0 Å². The lowest BCUT2D eigenvalue weighted by Crippen LogP contribution is -2.35. The highest BCUT2D eigenvalue weighted by atomic mass is 16.5. The second-order valence-electron chi connectivity index (χ2n) is 7.89. The molecule has 0 atom stereocenters. The highest BCUT2D eigenvalue weighted by molar-refractivity contribution is 5.92. The van der Waals surface area contributed by atoms with Crippen molar-refractivity contribution in [2.75, 3.05) is 23.8 Å². The molecule has 2 rings (SSSR count). The number of ether oxygens (including phenoxy) is 1. The van der Waals surface area contributed by atoms with Gasteiger partial charge in [-0.25, -0.2) is 0 Å². The van der Waals surface area contributed by atoms with Crippen molar-refractivity contribution in [1.82, 2.24) is 5.32 Å². The number of carbonyl (C=O) groups excluding carboxylic acids is 3. The number of benzene rings is 2. The summed E-state index contributed by atoms with van der Waals surface area (Å²) in [6.07, 6.45) is 0.832. The summed E-state index contributed by atoms with van der Waals surface area (Å²) in [7, 11) is 0. The zero-order chi connectivity index (χ0) is 22.0. The highest BCUT2D eigenvalue weighted by Gasteiger charge is 2.20. The molecule has 0 bridgehead atoms. The zero-order valence-electron chi connectivity index (χ0n) is 17.7. The normalized spacial score (nSPS) is 10.8. The number of rotatable bonds is 9. The maximum atomic E-state index is 12.1. The molecule has 30 heavy (non-hydrogen) atoms. The van der Waals surface area contributed by atoms with E-state index in [1.165, 1.54) is 0 Å². The maximum Gasteiger partial charge on any atom is 0.262 e. The Kier molecular flexibility index (Phi) is 8.41. The van der Waals surface area contributed by atoms with Gasteiger partial charge in [0.1, 0.15) is 5.75 Å². The molecule has 2 aromatic carbocycles. The van der Waals surface area contributed by atoms with Crippen LogP contribution in [-0.4, -0.2) is 30.9 Å². The van der Waals surface area contributed by atoms with Crippen LogP contribution in [0, 0.1) is 5.41 Å². The summed E-state index contributed by atoms with van der Waals surface area (Å²) in [4.78, 5) is 35.9. The lowest BCUT2D eigenvalue weighted by molar-refractivity contribution is -0.128. The first kappa shape index (κ1) is 22.9. The molecule has 0 unspecified atom stereocenters. The van der Waals surface area contributed by atoms with Gasteiger partial charge in [-0.1, -0.05) is 45.0 Å². The Bertz CT molecular complexity index is 860. The Morgan fingerprint density at radius 3 is 2.23 bits per heavy atom. The van der Waals surface area contributed by atoms with Gasteiger partial charge >= 0.3 is 0 Å². The molecule has 0 aromatic heterocycles. The van der Waals surface area contributed by atoms with E-state index < -0.39 is 5.41 Å². The highest BCUT2D eigenvalue weighted by Crippen LogP contribution is 2.18. The average molecular weight is 412 g/mol. The Morgan fingerprint density at radius 1 is 0.867 bits per heavy atom. The maximum absolute atomic E-state index is 12.1. The monoisotopic (exact) mass is 411 g/mol. The fourth-order valence-electron chi connectivity index (χ4n) is 2.47. The molecule has 0 aliphatic carbocycles. The summed E-state index contributed by atoms with van der Waals surface area (Å²) in [5.74, 6) is 0.0180. The van der Waals surface area contributed by atoms with Gasteiger partial charge in [-0.05, 0) is 30.7 Å². The van der Waals surface area contributed by atoms with Gasteiger partial charge in [0.05, 0.1) is 0 Å². The Morgan fingerprint density at radius 2 is 1.53 bits per heavy atom. The smallest absolute Gasteiger partial charge is 0.262 e. The van der Waals surface area contributed by atoms with Gasteiger partial charge in [-0.15, -0.1) is 0 Å². The van der Waals surface area contributed by atoms with E-state index in [9.17, 15) is 14.4 Å². The van der Waals surface area contributed by atoms with Crippen molar-refractivity contribution in [2.24, 2.45) is 5.41 Å². The standard InChI is InChI=1S/C23H29N3O4/c1-23(2,3)22(29)24-14-8-13-20(27)26-18-11-7-12-19(15-18)30-16-21(28)25-17-9-5-4-6-10-17/h4-7,9-12,15H,8,13-14,16H2,1-3H3,(H,24,29)(H,25,28)(H,26,27). The molecule has 0 fully saturated rings. The number of nitrogens with one attached hydrogen (secondary N) is 3. The molecule has 2 aromatic rings. The molecule has 0 saturated carbocycles. The third kappa shape index (κ3) is 8.34. The summed E-state index contributed by atoms with van der Waals surface area (Å²) >= 11 is 0. The van der Waals surface area contributed by atoms with Crippen LogP contribution in [0.1, 0.15) is 33.6 Å². The molecule has 0 aliphatic heterocycles. The van der Waals surface area contributed by atoms with Crippen molar-refractivity contribution < 1.29 is 19.1 Å². The van der Waals surface area contributed by atoms with Crippen molar-refractivity contribution in [3.8, 4) is 5.75 Å². The number of anilines is 2. The van der Waals surface area contributed by atoms with Gasteiger partial charge in [0.25, 0.3) is 5.91 Å². The molecule has 0 saturated heterocycles. The van der Waals surface area contributed by atoms with Crippen LogP contribution < -0.4 is 20.7 Å². The van der Waals surface area contributed by atoms with Gasteiger partial charge in [0, 0.05) is 35.8 Å². The summed E-state index contributed by atoms with van der Waals surface area (Å²) in [5, 5.41) is 8.36. The van der Waals surface area contributed by atoms with Crippen molar-refractivity contribution >= 4 is 29.1 Å². The van der Waals surface area contributed by atoms with Crippen molar-refractivity contribution in [1.29, 1.82) is 0 Å². The first-order valence-corrected chi connectivity index (χ1v) is 9.90. The number of carbonyl (C=O) groups is 3. The number of hydrogen-bond donors (Lipinski definition) is 3. The molecule has 3 N–H and O–H groups in total. The minimum Gasteiger partial charge on any atom is -0.484 e. The van der Waals surface area contributed by atoms with E-state index in [1.54, 1.807) is 36.4 Å². The van der Waals surface area contributed by atoms with Gasteiger partial charge in [0.2, 0.25) is 11.8 Å². The molecule has 7 nitrogen and oxygen atoms in total. The van der Waals surface area contributed by atoms with Gasteiger partial charge in [-0.3, -0.25) is 14.4 Å². The summed E-state index contributed by atoms with van der Waals surface area (Å²) < 4.78 is 5.51. The Hall–Kier alpha value is -3.35. The Balaban J connectivity index is 1.73. The van der Waals surface area contributed by atoms with Crippen LogP contribution in [0.2, 0.25) is 0 Å². The van der Waals surface area contributed by atoms with Gasteiger partial charge < -0.3 is 20.7 Å². The first-order valence-electron chi connectivity index (χ1n) is 9.90. The van der Waals surface area contributed by atoms with Gasteiger partial charge in [-0.2, -0.15) is 0 Å². The molecule has 0 aliphatic rings. The molecule has 7 heteroatoms. The SMILES string of the molecule is CC(C)(C)C(=O)NCCCC(=O)Nc1cccc(OCC(=O)Nc2ccccc2)c1. The van der Waals surface area contributed by atoms with Crippen molar-refractivity contribution in [3.05, 3.63) is 54.6 Å². The lowest BCUT2D eigenvalue weighted by atomic mass is 9.96. The molecule has 160 valence electrons. The van der Waals surface area contributed by atoms with Crippen LogP contribution in [0.5, 0.6) is 5.75 Å².